The van der Waals surface area contributed by atoms with Crippen molar-refractivity contribution in [1.82, 2.24) is 0 Å². The number of nitrogens with two attached hydrogens (primary N) is 1. The van der Waals surface area contributed by atoms with Crippen LogP contribution in [0.1, 0.15) is 11.1 Å². The summed E-state index contributed by atoms with van der Waals surface area (Å²) in [5.41, 5.74) is 9.93. The van der Waals surface area contributed by atoms with E-state index < -0.39 is 0 Å². The van der Waals surface area contributed by atoms with Crippen LogP contribution >= 0.6 is 11.6 Å². The zero-order valence-corrected chi connectivity index (χ0v) is 11.4. The molecule has 2 N–H and O–H groups in total. The number of rotatable bonds is 3. The van der Waals surface area contributed by atoms with Gasteiger partial charge in [0.05, 0.1) is 10.7 Å². The van der Waals surface area contributed by atoms with E-state index in [1.807, 2.05) is 18.2 Å². The second-order valence-corrected chi connectivity index (χ2v) is 4.95. The zero-order valence-electron chi connectivity index (χ0n) is 10.7. The van der Waals surface area contributed by atoms with Crippen LogP contribution in [-0.2, 0) is 6.54 Å². The van der Waals surface area contributed by atoms with E-state index in [1.54, 1.807) is 0 Å². The number of nitrogen functional groups attached to an aromatic ring is 1. The number of anilines is 2. The highest BCUT2D eigenvalue weighted by molar-refractivity contribution is 6.33. The summed E-state index contributed by atoms with van der Waals surface area (Å²) in [6.07, 6.45) is 0. The summed E-state index contributed by atoms with van der Waals surface area (Å²) in [6, 6.07) is 14.2. The molecule has 2 aromatic carbocycles. The van der Waals surface area contributed by atoms with Crippen molar-refractivity contribution in [2.75, 3.05) is 17.7 Å². The summed E-state index contributed by atoms with van der Waals surface area (Å²) in [6.45, 7) is 2.90. The number of aryl methyl sites for hydroxylation is 1. The molecule has 2 nitrogen and oxygen atoms in total. The summed E-state index contributed by atoms with van der Waals surface area (Å²) in [5.74, 6) is 0. The topological polar surface area (TPSA) is 29.3 Å². The standard InChI is InChI=1S/C15H17ClN2/c1-11-3-6-13(7-4-11)18(2)10-12-5-8-15(17)14(16)9-12/h3-9H,10,17H2,1-2H3. The van der Waals surface area contributed by atoms with Crippen LogP contribution in [0.3, 0.4) is 0 Å². The molecule has 0 unspecified atom stereocenters. The first kappa shape index (κ1) is 12.8. The van der Waals surface area contributed by atoms with Crippen LogP contribution in [0.4, 0.5) is 11.4 Å². The molecular weight excluding hydrogens is 244 g/mol. The average molecular weight is 261 g/mol. The molecule has 0 radical (unpaired) electrons. The van der Waals surface area contributed by atoms with Crippen molar-refractivity contribution in [1.29, 1.82) is 0 Å². The quantitative estimate of drug-likeness (QED) is 0.849. The molecule has 0 bridgehead atoms. The summed E-state index contributed by atoms with van der Waals surface area (Å²) < 4.78 is 0. The number of benzene rings is 2. The van der Waals surface area contributed by atoms with Gasteiger partial charge in [0, 0.05) is 19.3 Å². The van der Waals surface area contributed by atoms with E-state index in [0.717, 1.165) is 12.1 Å². The molecule has 0 saturated carbocycles. The fraction of sp³-hybridized carbons (Fsp3) is 0.200. The van der Waals surface area contributed by atoms with Crippen LogP contribution in [-0.4, -0.2) is 7.05 Å². The monoisotopic (exact) mass is 260 g/mol. The summed E-state index contributed by atoms with van der Waals surface area (Å²) in [4.78, 5) is 2.18. The van der Waals surface area contributed by atoms with Crippen molar-refractivity contribution in [2.24, 2.45) is 0 Å². The van der Waals surface area contributed by atoms with Crippen LogP contribution in [0.5, 0.6) is 0 Å². The van der Waals surface area contributed by atoms with Gasteiger partial charge in [0.15, 0.2) is 0 Å². The van der Waals surface area contributed by atoms with E-state index >= 15 is 0 Å². The Morgan fingerprint density at radius 2 is 1.78 bits per heavy atom. The molecule has 0 heterocycles. The molecule has 0 atom stereocenters. The van der Waals surface area contributed by atoms with Crippen LogP contribution < -0.4 is 10.6 Å². The van der Waals surface area contributed by atoms with Crippen LogP contribution in [0.15, 0.2) is 42.5 Å². The number of hydrogen-bond donors (Lipinski definition) is 1. The zero-order chi connectivity index (χ0) is 13.1. The summed E-state index contributed by atoms with van der Waals surface area (Å²) in [5, 5.41) is 0.616. The Labute approximate surface area is 113 Å². The second-order valence-electron chi connectivity index (χ2n) is 4.55. The molecule has 18 heavy (non-hydrogen) atoms. The molecule has 3 heteroatoms. The third kappa shape index (κ3) is 2.96. The Morgan fingerprint density at radius 1 is 1.11 bits per heavy atom. The average Bonchev–Trinajstić information content (AvgIpc) is 2.34. The first-order chi connectivity index (χ1) is 8.56. The van der Waals surface area contributed by atoms with E-state index in [0.29, 0.717) is 10.7 Å². The molecule has 0 aliphatic heterocycles. The van der Waals surface area contributed by atoms with Gasteiger partial charge in [-0.25, -0.2) is 0 Å². The highest BCUT2D eigenvalue weighted by Crippen LogP contribution is 2.22. The third-order valence-electron chi connectivity index (χ3n) is 2.96. The largest absolute Gasteiger partial charge is 0.398 e. The first-order valence-corrected chi connectivity index (χ1v) is 6.26. The first-order valence-electron chi connectivity index (χ1n) is 5.88. The Kier molecular flexibility index (Phi) is 3.78. The van der Waals surface area contributed by atoms with Crippen molar-refractivity contribution in [2.45, 2.75) is 13.5 Å². The molecule has 0 spiro atoms. The smallest absolute Gasteiger partial charge is 0.0638 e. The predicted molar refractivity (Wildman–Crippen MR) is 79.2 cm³/mol. The van der Waals surface area contributed by atoms with Crippen molar-refractivity contribution in [3.05, 3.63) is 58.6 Å². The SMILES string of the molecule is Cc1ccc(N(C)Cc2ccc(N)c(Cl)c2)cc1. The summed E-state index contributed by atoms with van der Waals surface area (Å²) >= 11 is 6.02. The van der Waals surface area contributed by atoms with E-state index in [4.69, 9.17) is 17.3 Å². The minimum Gasteiger partial charge on any atom is -0.398 e. The van der Waals surface area contributed by atoms with E-state index in [1.165, 1.54) is 11.3 Å². The lowest BCUT2D eigenvalue weighted by molar-refractivity contribution is 0.923. The molecule has 0 aliphatic carbocycles. The third-order valence-corrected chi connectivity index (χ3v) is 3.29. The molecule has 0 saturated heterocycles. The lowest BCUT2D eigenvalue weighted by Crippen LogP contribution is -2.16. The Balaban J connectivity index is 2.13. The number of nitrogens with zero attached hydrogens (tertiary/aromatic N) is 1. The van der Waals surface area contributed by atoms with Crippen LogP contribution in [0.2, 0.25) is 5.02 Å². The maximum atomic E-state index is 6.02. The second kappa shape index (κ2) is 5.32. The van der Waals surface area contributed by atoms with Gasteiger partial charge in [0.1, 0.15) is 0 Å². The lowest BCUT2D eigenvalue weighted by Gasteiger charge is -2.20. The Hall–Kier alpha value is -1.67. The molecule has 0 aliphatic rings. The molecule has 0 fully saturated rings. The van der Waals surface area contributed by atoms with Gasteiger partial charge in [0.2, 0.25) is 0 Å². The molecule has 2 rings (SSSR count). The van der Waals surface area contributed by atoms with E-state index in [-0.39, 0.29) is 0 Å². The van der Waals surface area contributed by atoms with Gasteiger partial charge in [-0.15, -0.1) is 0 Å². The van der Waals surface area contributed by atoms with E-state index in [9.17, 15) is 0 Å². The van der Waals surface area contributed by atoms with E-state index in [2.05, 4.69) is 43.1 Å². The molecule has 0 aromatic heterocycles. The molecular formula is C15H17ClN2. The van der Waals surface area contributed by atoms with Gasteiger partial charge in [-0.3, -0.25) is 0 Å². The molecule has 94 valence electrons. The fourth-order valence-corrected chi connectivity index (χ4v) is 2.04. The minimum atomic E-state index is 0.616. The van der Waals surface area contributed by atoms with Crippen LogP contribution in [0.25, 0.3) is 0 Å². The van der Waals surface area contributed by atoms with Crippen molar-refractivity contribution < 1.29 is 0 Å². The normalized spacial score (nSPS) is 10.4. The number of halogens is 1. The Bertz CT molecular complexity index is 535. The van der Waals surface area contributed by atoms with Gasteiger partial charge in [-0.1, -0.05) is 35.4 Å². The molecule has 0 amide bonds. The number of hydrogen-bond acceptors (Lipinski definition) is 2. The maximum absolute atomic E-state index is 6.02. The highest BCUT2D eigenvalue weighted by Gasteiger charge is 2.04. The van der Waals surface area contributed by atoms with Crippen molar-refractivity contribution in [3.8, 4) is 0 Å². The highest BCUT2D eigenvalue weighted by atomic mass is 35.5. The van der Waals surface area contributed by atoms with Gasteiger partial charge < -0.3 is 10.6 Å². The Morgan fingerprint density at radius 3 is 2.39 bits per heavy atom. The minimum absolute atomic E-state index is 0.616. The van der Waals surface area contributed by atoms with Gasteiger partial charge >= 0.3 is 0 Å². The van der Waals surface area contributed by atoms with Crippen LogP contribution in [0, 0.1) is 6.92 Å². The van der Waals surface area contributed by atoms with Crippen molar-refractivity contribution >= 4 is 23.0 Å². The summed E-state index contributed by atoms with van der Waals surface area (Å²) in [7, 11) is 2.06. The fourth-order valence-electron chi connectivity index (χ4n) is 1.83. The van der Waals surface area contributed by atoms with Gasteiger partial charge in [-0.2, -0.15) is 0 Å². The van der Waals surface area contributed by atoms with Gasteiger partial charge in [0.25, 0.3) is 0 Å². The molecule has 2 aromatic rings. The van der Waals surface area contributed by atoms with Gasteiger partial charge in [-0.05, 0) is 36.8 Å². The lowest BCUT2D eigenvalue weighted by atomic mass is 10.1. The predicted octanol–water partition coefficient (Wildman–Crippen LogP) is 3.87. The maximum Gasteiger partial charge on any atom is 0.0638 e. The van der Waals surface area contributed by atoms with Crippen molar-refractivity contribution in [3.63, 3.8) is 0 Å².